The van der Waals surface area contributed by atoms with Crippen LogP contribution < -0.4 is 11.1 Å². The number of nitrogens with two attached hydrogens (primary N) is 1. The Hall–Kier alpha value is -4.92. The van der Waals surface area contributed by atoms with Gasteiger partial charge in [0.25, 0.3) is 11.8 Å². The first-order chi connectivity index (χ1) is 19.6. The van der Waals surface area contributed by atoms with Gasteiger partial charge in [0, 0.05) is 36.3 Å². The Balaban J connectivity index is 1.44. The number of nitrogen functional groups attached to an aromatic ring is 1. The Labute approximate surface area is 233 Å². The van der Waals surface area contributed by atoms with E-state index in [2.05, 4.69) is 27.1 Å². The van der Waals surface area contributed by atoms with E-state index in [1.165, 1.54) is 18.3 Å². The van der Waals surface area contributed by atoms with Crippen LogP contribution in [-0.4, -0.2) is 48.8 Å². The summed E-state index contributed by atoms with van der Waals surface area (Å²) >= 11 is 0. The number of hydrogen-bond donors (Lipinski definition) is 2. The molecule has 1 unspecified atom stereocenters. The normalized spacial score (nSPS) is 15.3. The molecule has 4 aromatic rings. The zero-order chi connectivity index (χ0) is 29.1. The standard InChI is InChI=1S/C29H26F3N7O2/c1-2-5-23(40)38-14-4-3-6-21(38)27-37-24(25-26(33)35-13-15-39(25)27)19-7-9-20(10-8-19)28(41)36-22-16-18(11-12-34-22)17-29(30,31)32/h7-13,15-16,21H,3-4,6,14,17H2,1H3,(H2,33,35)(H,34,36,41). The highest BCUT2D eigenvalue weighted by Gasteiger charge is 2.32. The molecule has 9 nitrogen and oxygen atoms in total. The van der Waals surface area contributed by atoms with Crippen LogP contribution in [0.3, 0.4) is 0 Å². The van der Waals surface area contributed by atoms with Crippen molar-refractivity contribution in [3.05, 3.63) is 71.9 Å². The number of pyridine rings is 1. The second-order valence-corrected chi connectivity index (χ2v) is 9.61. The summed E-state index contributed by atoms with van der Waals surface area (Å²) < 4.78 is 40.1. The van der Waals surface area contributed by atoms with Crippen LogP contribution in [0.4, 0.5) is 24.8 Å². The van der Waals surface area contributed by atoms with Crippen LogP contribution in [0.1, 0.15) is 54.0 Å². The topological polar surface area (TPSA) is 119 Å². The number of amides is 2. The number of likely N-dealkylation sites (tertiary alicyclic amines) is 1. The van der Waals surface area contributed by atoms with Crippen LogP contribution in [0.25, 0.3) is 16.8 Å². The summed E-state index contributed by atoms with van der Waals surface area (Å²) in [5.74, 6) is 5.44. The Morgan fingerprint density at radius 3 is 2.63 bits per heavy atom. The van der Waals surface area contributed by atoms with E-state index in [-0.39, 0.29) is 34.7 Å². The van der Waals surface area contributed by atoms with Gasteiger partial charge in [-0.2, -0.15) is 13.2 Å². The highest BCUT2D eigenvalue weighted by Crippen LogP contribution is 2.36. The lowest BCUT2D eigenvalue weighted by molar-refractivity contribution is -0.129. The number of nitrogens with zero attached hydrogens (tertiary/aromatic N) is 5. The SMILES string of the molecule is CC#CC(=O)N1CCCCC1c1nc(-c2ccc(C(=O)Nc3cc(CC(F)(F)F)ccn3)cc2)c2c(N)nccn12. The van der Waals surface area contributed by atoms with E-state index in [1.54, 1.807) is 48.5 Å². The van der Waals surface area contributed by atoms with Crippen molar-refractivity contribution >= 4 is 29.0 Å². The van der Waals surface area contributed by atoms with Crippen molar-refractivity contribution in [1.82, 2.24) is 24.3 Å². The maximum atomic E-state index is 12.8. The predicted octanol–water partition coefficient (Wildman–Crippen LogP) is 4.81. The minimum atomic E-state index is -4.37. The van der Waals surface area contributed by atoms with Gasteiger partial charge in [0.2, 0.25) is 0 Å². The summed E-state index contributed by atoms with van der Waals surface area (Å²) in [5.41, 5.74) is 8.32. The van der Waals surface area contributed by atoms with Crippen LogP contribution in [0.15, 0.2) is 55.0 Å². The zero-order valence-electron chi connectivity index (χ0n) is 22.1. The molecule has 5 rings (SSSR count). The van der Waals surface area contributed by atoms with E-state index in [9.17, 15) is 22.8 Å². The number of carbonyl (C=O) groups excluding carboxylic acids is 2. The summed E-state index contributed by atoms with van der Waals surface area (Å²) in [7, 11) is 0. The van der Waals surface area contributed by atoms with Crippen molar-refractivity contribution in [2.24, 2.45) is 0 Å². The summed E-state index contributed by atoms with van der Waals surface area (Å²) in [4.78, 5) is 40.4. The van der Waals surface area contributed by atoms with Crippen molar-refractivity contribution in [2.45, 2.75) is 44.8 Å². The van der Waals surface area contributed by atoms with Gasteiger partial charge in [-0.05, 0) is 61.9 Å². The molecular formula is C29H26F3N7O2. The molecule has 0 radical (unpaired) electrons. The van der Waals surface area contributed by atoms with Gasteiger partial charge in [0.15, 0.2) is 0 Å². The van der Waals surface area contributed by atoms with Gasteiger partial charge in [0.1, 0.15) is 28.7 Å². The molecule has 210 valence electrons. The van der Waals surface area contributed by atoms with E-state index in [4.69, 9.17) is 10.7 Å². The predicted molar refractivity (Wildman–Crippen MR) is 147 cm³/mol. The molecule has 0 spiro atoms. The summed E-state index contributed by atoms with van der Waals surface area (Å²) in [5, 5.41) is 2.54. The number of fused-ring (bicyclic) bond motifs is 1. The van der Waals surface area contributed by atoms with Crippen LogP contribution in [0, 0.1) is 11.8 Å². The minimum absolute atomic E-state index is 0.00761. The van der Waals surface area contributed by atoms with Gasteiger partial charge >= 0.3 is 6.18 Å². The van der Waals surface area contributed by atoms with E-state index in [0.29, 0.717) is 29.1 Å². The molecule has 1 atom stereocenters. The van der Waals surface area contributed by atoms with Gasteiger partial charge in [-0.25, -0.2) is 15.0 Å². The molecule has 0 saturated carbocycles. The van der Waals surface area contributed by atoms with Crippen molar-refractivity contribution in [3.8, 4) is 23.1 Å². The van der Waals surface area contributed by atoms with Crippen LogP contribution in [0.2, 0.25) is 0 Å². The third-order valence-electron chi connectivity index (χ3n) is 6.80. The Morgan fingerprint density at radius 1 is 1.12 bits per heavy atom. The van der Waals surface area contributed by atoms with E-state index < -0.39 is 18.5 Å². The molecular weight excluding hydrogens is 535 g/mol. The van der Waals surface area contributed by atoms with Gasteiger partial charge in [-0.15, -0.1) is 0 Å². The number of rotatable bonds is 5. The molecule has 0 bridgehead atoms. The number of carbonyl (C=O) groups is 2. The molecule has 1 aliphatic heterocycles. The molecule has 1 aliphatic rings. The van der Waals surface area contributed by atoms with Crippen molar-refractivity contribution < 1.29 is 22.8 Å². The van der Waals surface area contributed by atoms with E-state index >= 15 is 0 Å². The number of aromatic nitrogens is 4. The largest absolute Gasteiger partial charge is 0.393 e. The summed E-state index contributed by atoms with van der Waals surface area (Å²) in [6.07, 6.45) is 1.57. The van der Waals surface area contributed by atoms with Crippen LogP contribution in [-0.2, 0) is 11.2 Å². The number of hydrogen-bond acceptors (Lipinski definition) is 6. The number of piperidine rings is 1. The van der Waals surface area contributed by atoms with Crippen molar-refractivity contribution in [2.75, 3.05) is 17.6 Å². The monoisotopic (exact) mass is 561 g/mol. The molecule has 0 aliphatic carbocycles. The molecule has 3 aromatic heterocycles. The maximum Gasteiger partial charge on any atom is 0.393 e. The lowest BCUT2D eigenvalue weighted by atomic mass is 10.0. The highest BCUT2D eigenvalue weighted by molar-refractivity contribution is 6.04. The fourth-order valence-electron chi connectivity index (χ4n) is 5.00. The molecule has 3 N–H and O–H groups in total. The Kier molecular flexibility index (Phi) is 7.61. The first kappa shape index (κ1) is 27.6. The minimum Gasteiger partial charge on any atom is -0.382 e. The van der Waals surface area contributed by atoms with Gasteiger partial charge in [-0.3, -0.25) is 14.0 Å². The second-order valence-electron chi connectivity index (χ2n) is 9.61. The first-order valence-electron chi connectivity index (χ1n) is 12.9. The fraction of sp³-hybridized carbons (Fsp3) is 0.276. The summed E-state index contributed by atoms with van der Waals surface area (Å²) in [6, 6.07) is 8.71. The molecule has 1 aromatic carbocycles. The zero-order valence-corrected chi connectivity index (χ0v) is 22.1. The molecule has 12 heteroatoms. The van der Waals surface area contributed by atoms with Gasteiger partial charge in [0.05, 0.1) is 12.5 Å². The van der Waals surface area contributed by atoms with Crippen molar-refractivity contribution in [3.63, 3.8) is 0 Å². The maximum absolute atomic E-state index is 12.8. The van der Waals surface area contributed by atoms with Crippen LogP contribution in [0.5, 0.6) is 0 Å². The molecule has 4 heterocycles. The number of benzene rings is 1. The quantitative estimate of drug-likeness (QED) is 0.338. The number of nitrogens with one attached hydrogen (secondary N) is 1. The molecule has 1 saturated heterocycles. The molecule has 2 amide bonds. The number of anilines is 2. The Bertz CT molecular complexity index is 1670. The lowest BCUT2D eigenvalue weighted by Gasteiger charge is -2.33. The number of halogens is 3. The molecule has 41 heavy (non-hydrogen) atoms. The second kappa shape index (κ2) is 11.3. The number of imidazole rings is 1. The fourth-order valence-corrected chi connectivity index (χ4v) is 5.00. The average molecular weight is 562 g/mol. The van der Waals surface area contributed by atoms with E-state index in [1.807, 2.05) is 4.40 Å². The lowest BCUT2D eigenvalue weighted by Crippen LogP contribution is -2.38. The highest BCUT2D eigenvalue weighted by atomic mass is 19.4. The number of alkyl halides is 3. The Morgan fingerprint density at radius 2 is 1.90 bits per heavy atom. The van der Waals surface area contributed by atoms with Crippen LogP contribution >= 0.6 is 0 Å². The van der Waals surface area contributed by atoms with Gasteiger partial charge < -0.3 is 16.0 Å². The third-order valence-corrected chi connectivity index (χ3v) is 6.80. The van der Waals surface area contributed by atoms with E-state index in [0.717, 1.165) is 19.3 Å². The molecule has 1 fully saturated rings. The third kappa shape index (κ3) is 5.99. The van der Waals surface area contributed by atoms with Gasteiger partial charge in [-0.1, -0.05) is 18.1 Å². The smallest absolute Gasteiger partial charge is 0.382 e. The summed E-state index contributed by atoms with van der Waals surface area (Å²) in [6.45, 7) is 2.19. The first-order valence-corrected chi connectivity index (χ1v) is 12.9. The van der Waals surface area contributed by atoms with Crippen molar-refractivity contribution in [1.29, 1.82) is 0 Å². The average Bonchev–Trinajstić information content (AvgIpc) is 3.33.